The van der Waals surface area contributed by atoms with Crippen molar-refractivity contribution in [3.05, 3.63) is 35.4 Å². The minimum absolute atomic E-state index is 0.186. The van der Waals surface area contributed by atoms with Crippen LogP contribution >= 0.6 is 0 Å². The van der Waals surface area contributed by atoms with E-state index in [0.717, 1.165) is 12.0 Å². The van der Waals surface area contributed by atoms with E-state index in [4.69, 9.17) is 14.2 Å². The van der Waals surface area contributed by atoms with Gasteiger partial charge in [0, 0.05) is 0 Å². The van der Waals surface area contributed by atoms with Crippen molar-refractivity contribution >= 4 is 5.97 Å². The molecule has 2 rings (SSSR count). The molecule has 0 spiro atoms. The first-order valence-corrected chi connectivity index (χ1v) is 8.34. The van der Waals surface area contributed by atoms with Gasteiger partial charge >= 0.3 is 5.97 Å². The average Bonchev–Trinajstić information content (AvgIpc) is 2.83. The molecule has 1 saturated heterocycles. The fraction of sp³-hybridized carbons (Fsp3) is 0.632. The quantitative estimate of drug-likeness (QED) is 0.750. The summed E-state index contributed by atoms with van der Waals surface area (Å²) in [6.45, 7) is 10.7. The van der Waals surface area contributed by atoms with Gasteiger partial charge in [-0.05, 0) is 44.2 Å². The van der Waals surface area contributed by atoms with E-state index in [9.17, 15) is 4.79 Å². The molecule has 4 heteroatoms. The van der Waals surface area contributed by atoms with Gasteiger partial charge in [-0.3, -0.25) is 4.79 Å². The van der Waals surface area contributed by atoms with E-state index in [0.29, 0.717) is 12.5 Å². The zero-order valence-corrected chi connectivity index (χ0v) is 14.8. The van der Waals surface area contributed by atoms with Crippen LogP contribution in [-0.2, 0) is 25.4 Å². The first-order chi connectivity index (χ1) is 10.8. The second kappa shape index (κ2) is 7.45. The van der Waals surface area contributed by atoms with Crippen molar-refractivity contribution in [1.82, 2.24) is 0 Å². The van der Waals surface area contributed by atoms with Crippen LogP contribution in [0.1, 0.15) is 51.7 Å². The van der Waals surface area contributed by atoms with Crippen molar-refractivity contribution in [1.29, 1.82) is 0 Å². The topological polar surface area (TPSA) is 44.8 Å². The van der Waals surface area contributed by atoms with Crippen LogP contribution in [0.25, 0.3) is 0 Å². The molecule has 0 aliphatic carbocycles. The molecule has 1 aromatic rings. The van der Waals surface area contributed by atoms with E-state index in [1.54, 1.807) is 0 Å². The van der Waals surface area contributed by atoms with Crippen molar-refractivity contribution < 1.29 is 19.0 Å². The predicted octanol–water partition coefficient (Wildman–Crippen LogP) is 3.68. The highest BCUT2D eigenvalue weighted by atomic mass is 16.7. The second-order valence-corrected chi connectivity index (χ2v) is 7.14. The molecule has 0 N–H and O–H groups in total. The van der Waals surface area contributed by atoms with Gasteiger partial charge in [0.15, 0.2) is 5.79 Å². The smallest absolute Gasteiger partial charge is 0.313 e. The van der Waals surface area contributed by atoms with E-state index in [-0.39, 0.29) is 24.6 Å². The minimum Gasteiger partial charge on any atom is -0.462 e. The molecular formula is C19H28O4. The number of rotatable bonds is 6. The summed E-state index contributed by atoms with van der Waals surface area (Å²) in [5.41, 5.74) is 2.27. The van der Waals surface area contributed by atoms with E-state index in [1.807, 2.05) is 32.9 Å². The number of benzene rings is 1. The number of carbonyl (C=O) groups excluding carboxylic acids is 1. The Labute approximate surface area is 139 Å². The highest BCUT2D eigenvalue weighted by molar-refractivity contribution is 5.77. The van der Waals surface area contributed by atoms with Gasteiger partial charge in [0.25, 0.3) is 0 Å². The first-order valence-electron chi connectivity index (χ1n) is 8.34. The average molecular weight is 320 g/mol. The third-order valence-electron chi connectivity index (χ3n) is 3.96. The Kier molecular flexibility index (Phi) is 5.82. The number of hydrogen-bond acceptors (Lipinski definition) is 4. The van der Waals surface area contributed by atoms with Crippen LogP contribution in [-0.4, -0.2) is 31.1 Å². The monoisotopic (exact) mass is 320 g/mol. The number of carbonyl (C=O) groups is 1. The zero-order valence-electron chi connectivity index (χ0n) is 14.8. The molecule has 2 atom stereocenters. The highest BCUT2D eigenvalue weighted by Crippen LogP contribution is 2.23. The molecule has 2 unspecified atom stereocenters. The molecule has 1 aliphatic heterocycles. The standard InChI is InChI=1S/C19H28O4/c1-13(2)10-15-6-8-16(9-7-15)14(3)18(20)21-11-17-12-22-19(4,5)23-17/h6-9,13-14,17H,10-12H2,1-5H3. The third-order valence-corrected chi connectivity index (χ3v) is 3.96. The van der Waals surface area contributed by atoms with E-state index >= 15 is 0 Å². The largest absolute Gasteiger partial charge is 0.462 e. The Morgan fingerprint density at radius 1 is 1.26 bits per heavy atom. The van der Waals surface area contributed by atoms with Crippen LogP contribution in [0, 0.1) is 5.92 Å². The number of ether oxygens (including phenoxy) is 3. The van der Waals surface area contributed by atoms with Crippen molar-refractivity contribution in [2.75, 3.05) is 13.2 Å². The van der Waals surface area contributed by atoms with Crippen molar-refractivity contribution in [2.45, 2.75) is 58.8 Å². The summed E-state index contributed by atoms with van der Waals surface area (Å²) in [7, 11) is 0. The Morgan fingerprint density at radius 2 is 1.91 bits per heavy atom. The molecule has 0 amide bonds. The highest BCUT2D eigenvalue weighted by Gasteiger charge is 2.33. The van der Waals surface area contributed by atoms with Gasteiger partial charge in [-0.25, -0.2) is 0 Å². The van der Waals surface area contributed by atoms with E-state index in [1.165, 1.54) is 5.56 Å². The maximum absolute atomic E-state index is 12.2. The van der Waals surface area contributed by atoms with Crippen LogP contribution in [0.15, 0.2) is 24.3 Å². The Hall–Kier alpha value is -1.39. The minimum atomic E-state index is -0.588. The maximum atomic E-state index is 12.2. The normalized spacial score (nSPS) is 21.4. The summed E-state index contributed by atoms with van der Waals surface area (Å²) >= 11 is 0. The molecule has 1 fully saturated rings. The Balaban J connectivity index is 1.84. The molecule has 1 aromatic carbocycles. The van der Waals surface area contributed by atoms with E-state index in [2.05, 4.69) is 26.0 Å². The van der Waals surface area contributed by atoms with Gasteiger partial charge in [0.1, 0.15) is 12.7 Å². The lowest BCUT2D eigenvalue weighted by Gasteiger charge is -2.18. The maximum Gasteiger partial charge on any atom is 0.313 e. The van der Waals surface area contributed by atoms with Gasteiger partial charge in [0.2, 0.25) is 0 Å². The summed E-state index contributed by atoms with van der Waals surface area (Å²) in [5, 5.41) is 0. The molecule has 0 aromatic heterocycles. The molecule has 0 radical (unpaired) electrons. The lowest BCUT2D eigenvalue weighted by Crippen LogP contribution is -2.26. The summed E-state index contributed by atoms with van der Waals surface area (Å²) < 4.78 is 16.5. The third kappa shape index (κ3) is 5.33. The molecular weight excluding hydrogens is 292 g/mol. The van der Waals surface area contributed by atoms with Gasteiger partial charge < -0.3 is 14.2 Å². The molecule has 0 saturated carbocycles. The lowest BCUT2D eigenvalue weighted by atomic mass is 9.97. The summed E-state index contributed by atoms with van der Waals surface area (Å²) in [6.07, 6.45) is 0.864. The Bertz CT molecular complexity index is 519. The van der Waals surface area contributed by atoms with Crippen molar-refractivity contribution in [2.24, 2.45) is 5.92 Å². The van der Waals surface area contributed by atoms with Gasteiger partial charge in [-0.15, -0.1) is 0 Å². The molecule has 1 heterocycles. The summed E-state index contributed by atoms with van der Waals surface area (Å²) in [4.78, 5) is 12.2. The fourth-order valence-electron chi connectivity index (χ4n) is 2.70. The molecule has 1 aliphatic rings. The van der Waals surface area contributed by atoms with Gasteiger partial charge in [-0.2, -0.15) is 0 Å². The van der Waals surface area contributed by atoms with Crippen molar-refractivity contribution in [3.8, 4) is 0 Å². The summed E-state index contributed by atoms with van der Waals surface area (Å²) in [6, 6.07) is 8.22. The molecule has 128 valence electrons. The number of esters is 1. The molecule has 0 bridgehead atoms. The second-order valence-electron chi connectivity index (χ2n) is 7.14. The SMILES string of the molecule is CC(C)Cc1ccc(C(C)C(=O)OCC2COC(C)(C)O2)cc1. The molecule has 23 heavy (non-hydrogen) atoms. The van der Waals surface area contributed by atoms with Crippen LogP contribution in [0.2, 0.25) is 0 Å². The molecule has 4 nitrogen and oxygen atoms in total. The zero-order chi connectivity index (χ0) is 17.0. The summed E-state index contributed by atoms with van der Waals surface area (Å²) in [5.74, 6) is -0.468. The first kappa shape index (κ1) is 18.0. The van der Waals surface area contributed by atoms with Crippen LogP contribution in [0.3, 0.4) is 0 Å². The van der Waals surface area contributed by atoms with Gasteiger partial charge in [0.05, 0.1) is 12.5 Å². The van der Waals surface area contributed by atoms with Crippen LogP contribution < -0.4 is 0 Å². The fourth-order valence-corrected chi connectivity index (χ4v) is 2.70. The van der Waals surface area contributed by atoms with E-state index < -0.39 is 5.79 Å². The lowest BCUT2D eigenvalue weighted by molar-refractivity contribution is -0.159. The number of hydrogen-bond donors (Lipinski definition) is 0. The van der Waals surface area contributed by atoms with Gasteiger partial charge in [-0.1, -0.05) is 38.1 Å². The van der Waals surface area contributed by atoms with Crippen LogP contribution in [0.5, 0.6) is 0 Å². The predicted molar refractivity (Wildman–Crippen MR) is 89.3 cm³/mol. The van der Waals surface area contributed by atoms with Crippen molar-refractivity contribution in [3.63, 3.8) is 0 Å². The van der Waals surface area contributed by atoms with Crippen LogP contribution in [0.4, 0.5) is 0 Å². The Morgan fingerprint density at radius 3 is 2.43 bits per heavy atom.